The molecule has 4 rings (SSSR count). The van der Waals surface area contributed by atoms with Crippen molar-refractivity contribution in [2.75, 3.05) is 0 Å². The van der Waals surface area contributed by atoms with Crippen LogP contribution in [0.25, 0.3) is 0 Å². The van der Waals surface area contributed by atoms with E-state index in [1.54, 1.807) is 0 Å². The molecule has 4 bridgehead atoms. The number of carboxylic acid groups (broad SMARTS) is 2. The number of carboxylic acids is 2. The van der Waals surface area contributed by atoms with Crippen molar-refractivity contribution in [3.8, 4) is 0 Å². The van der Waals surface area contributed by atoms with E-state index in [1.807, 2.05) is 0 Å². The summed E-state index contributed by atoms with van der Waals surface area (Å²) in [5.41, 5.74) is 0.0426. The van der Waals surface area contributed by atoms with Crippen LogP contribution in [0, 0.1) is 45.3 Å². The molecule has 0 spiro atoms. The molecule has 0 radical (unpaired) electrons. The van der Waals surface area contributed by atoms with Crippen LogP contribution in [0.5, 0.6) is 0 Å². The van der Waals surface area contributed by atoms with Gasteiger partial charge in [-0.3, -0.25) is 9.59 Å². The van der Waals surface area contributed by atoms with Crippen molar-refractivity contribution in [3.05, 3.63) is 0 Å². The normalized spacial score (nSPS) is 45.6. The van der Waals surface area contributed by atoms with E-state index >= 15 is 0 Å². The van der Waals surface area contributed by atoms with Gasteiger partial charge in [0, 0.05) is 0 Å². The predicted molar refractivity (Wildman–Crippen MR) is 126 cm³/mol. The van der Waals surface area contributed by atoms with E-state index in [0.29, 0.717) is 11.8 Å². The van der Waals surface area contributed by atoms with Crippen molar-refractivity contribution in [2.45, 2.75) is 118 Å². The summed E-state index contributed by atoms with van der Waals surface area (Å²) in [6.45, 7) is 9.07. The molecule has 8 unspecified atom stereocenters. The Balaban J connectivity index is 1.72. The number of hydrogen-bond acceptors (Lipinski definition) is 2. The van der Waals surface area contributed by atoms with Gasteiger partial charge in [0.05, 0.1) is 11.8 Å². The van der Waals surface area contributed by atoms with Gasteiger partial charge in [0.25, 0.3) is 0 Å². The molecule has 32 heavy (non-hydrogen) atoms. The first-order valence-corrected chi connectivity index (χ1v) is 13.5. The van der Waals surface area contributed by atoms with Gasteiger partial charge in [0.2, 0.25) is 0 Å². The summed E-state index contributed by atoms with van der Waals surface area (Å²) in [7, 11) is 0. The number of carbonyl (C=O) groups is 2. The van der Waals surface area contributed by atoms with Gasteiger partial charge in [-0.05, 0) is 97.7 Å². The number of hydrogen-bond donors (Lipinski definition) is 2. The summed E-state index contributed by atoms with van der Waals surface area (Å²) in [6.07, 6.45) is 15.0. The molecule has 4 fully saturated rings. The van der Waals surface area contributed by atoms with E-state index in [-0.39, 0.29) is 33.5 Å². The molecule has 8 atom stereocenters. The molecule has 0 aromatic carbocycles. The van der Waals surface area contributed by atoms with Gasteiger partial charge in [0.1, 0.15) is 0 Å². The number of rotatable bonds is 7. The quantitative estimate of drug-likeness (QED) is 0.435. The molecular formula is C28H46O4. The van der Waals surface area contributed by atoms with E-state index in [0.717, 1.165) is 51.4 Å². The maximum Gasteiger partial charge on any atom is 0.307 e. The Bertz CT molecular complexity index is 686. The van der Waals surface area contributed by atoms with Crippen LogP contribution in [0.4, 0.5) is 0 Å². The summed E-state index contributed by atoms with van der Waals surface area (Å²) in [5, 5.41) is 20.3. The van der Waals surface area contributed by atoms with E-state index in [4.69, 9.17) is 0 Å². The maximum atomic E-state index is 12.3. The average Bonchev–Trinajstić information content (AvgIpc) is 2.67. The molecule has 4 aliphatic rings. The van der Waals surface area contributed by atoms with Crippen molar-refractivity contribution in [1.82, 2.24) is 0 Å². The summed E-state index contributed by atoms with van der Waals surface area (Å²) < 4.78 is 0. The molecule has 4 nitrogen and oxygen atoms in total. The highest BCUT2D eigenvalue weighted by atomic mass is 16.4. The van der Waals surface area contributed by atoms with Gasteiger partial charge in [-0.2, -0.15) is 0 Å². The minimum absolute atomic E-state index is 0.0732. The Kier molecular flexibility index (Phi) is 6.25. The van der Waals surface area contributed by atoms with Crippen LogP contribution in [-0.4, -0.2) is 22.2 Å². The molecule has 0 heterocycles. The second kappa shape index (κ2) is 8.31. The lowest BCUT2D eigenvalue weighted by Crippen LogP contribution is -2.57. The van der Waals surface area contributed by atoms with E-state index in [9.17, 15) is 19.8 Å². The molecule has 4 saturated carbocycles. The highest BCUT2D eigenvalue weighted by molar-refractivity contribution is 5.71. The highest BCUT2D eigenvalue weighted by Gasteiger charge is 2.62. The van der Waals surface area contributed by atoms with Crippen LogP contribution in [0.1, 0.15) is 118 Å². The van der Waals surface area contributed by atoms with Crippen molar-refractivity contribution < 1.29 is 19.8 Å². The zero-order chi connectivity index (χ0) is 23.4. The smallest absolute Gasteiger partial charge is 0.307 e. The number of fused-ring (bicyclic) bond motifs is 4. The molecule has 0 amide bonds. The standard InChI is InChI=1S/C28H46O4/c1-5-21(23(29)30)27-11-7-9-19(15-27)13-25(3,17-27)26(4)14-20-10-8-12-28(16-20,18-26)22(6-2)24(31)32/h19-22H,5-18H2,1-4H3,(H,29,30)(H,31,32). The Morgan fingerprint density at radius 1 is 0.750 bits per heavy atom. The third-order valence-electron chi connectivity index (χ3n) is 11.3. The van der Waals surface area contributed by atoms with Crippen LogP contribution in [0.3, 0.4) is 0 Å². The van der Waals surface area contributed by atoms with Crippen LogP contribution >= 0.6 is 0 Å². The summed E-state index contributed by atoms with van der Waals surface area (Å²) in [6, 6.07) is 0. The molecule has 0 saturated heterocycles. The van der Waals surface area contributed by atoms with E-state index < -0.39 is 11.9 Å². The Labute approximate surface area is 194 Å². The zero-order valence-corrected chi connectivity index (χ0v) is 20.9. The maximum absolute atomic E-state index is 12.3. The Morgan fingerprint density at radius 3 is 1.44 bits per heavy atom. The molecule has 4 heteroatoms. The second-order valence-electron chi connectivity index (χ2n) is 13.1. The Hall–Kier alpha value is -1.06. The van der Waals surface area contributed by atoms with Crippen LogP contribution in [0.15, 0.2) is 0 Å². The first-order valence-electron chi connectivity index (χ1n) is 13.5. The molecule has 0 aliphatic heterocycles. The average molecular weight is 447 g/mol. The van der Waals surface area contributed by atoms with Gasteiger partial charge >= 0.3 is 11.9 Å². The topological polar surface area (TPSA) is 74.6 Å². The monoisotopic (exact) mass is 446 g/mol. The van der Waals surface area contributed by atoms with Crippen LogP contribution < -0.4 is 0 Å². The van der Waals surface area contributed by atoms with Crippen LogP contribution in [0.2, 0.25) is 0 Å². The van der Waals surface area contributed by atoms with Crippen molar-refractivity contribution >= 4 is 11.9 Å². The van der Waals surface area contributed by atoms with Crippen molar-refractivity contribution in [3.63, 3.8) is 0 Å². The molecule has 4 aliphatic carbocycles. The summed E-state index contributed by atoms with van der Waals surface area (Å²) in [5.74, 6) is -0.423. The minimum Gasteiger partial charge on any atom is -0.481 e. The summed E-state index contributed by atoms with van der Waals surface area (Å²) in [4.78, 5) is 24.7. The molecule has 0 aromatic rings. The first kappa shape index (κ1) is 24.1. The molecular weight excluding hydrogens is 400 g/mol. The largest absolute Gasteiger partial charge is 0.481 e. The van der Waals surface area contributed by atoms with Crippen LogP contribution in [-0.2, 0) is 9.59 Å². The third-order valence-corrected chi connectivity index (χ3v) is 11.3. The fourth-order valence-corrected chi connectivity index (χ4v) is 10.2. The van der Waals surface area contributed by atoms with Gasteiger partial charge in [-0.25, -0.2) is 0 Å². The van der Waals surface area contributed by atoms with Crippen molar-refractivity contribution in [1.29, 1.82) is 0 Å². The fourth-order valence-electron chi connectivity index (χ4n) is 10.2. The van der Waals surface area contributed by atoms with Gasteiger partial charge in [0.15, 0.2) is 0 Å². The van der Waals surface area contributed by atoms with Crippen molar-refractivity contribution in [2.24, 2.45) is 45.3 Å². The van der Waals surface area contributed by atoms with E-state index in [1.165, 1.54) is 38.5 Å². The lowest BCUT2D eigenvalue weighted by Gasteiger charge is -2.65. The SMILES string of the molecule is CCC(C(=O)O)C12CCCC(C1)CC(C)(C1(C)CC3CCCC(C(CC)C(=O)O)(C3)C1)C2. The second-order valence-corrected chi connectivity index (χ2v) is 13.1. The first-order chi connectivity index (χ1) is 15.0. The van der Waals surface area contributed by atoms with Gasteiger partial charge < -0.3 is 10.2 Å². The van der Waals surface area contributed by atoms with Gasteiger partial charge in [-0.1, -0.05) is 53.4 Å². The third kappa shape index (κ3) is 3.72. The molecule has 0 aromatic heterocycles. The van der Waals surface area contributed by atoms with E-state index in [2.05, 4.69) is 27.7 Å². The molecule has 2 N–H and O–H groups in total. The zero-order valence-electron chi connectivity index (χ0n) is 20.9. The number of aliphatic carboxylic acids is 2. The molecule has 182 valence electrons. The fraction of sp³-hybridized carbons (Fsp3) is 0.929. The lowest BCUT2D eigenvalue weighted by atomic mass is 9.39. The minimum atomic E-state index is -0.600. The lowest BCUT2D eigenvalue weighted by molar-refractivity contribution is -0.179. The van der Waals surface area contributed by atoms with Gasteiger partial charge in [-0.15, -0.1) is 0 Å². The Morgan fingerprint density at radius 2 is 1.12 bits per heavy atom. The highest BCUT2D eigenvalue weighted by Crippen LogP contribution is 2.70. The summed E-state index contributed by atoms with van der Waals surface area (Å²) >= 11 is 0. The predicted octanol–water partition coefficient (Wildman–Crippen LogP) is 7.16.